The monoisotopic (exact) mass is 594 g/mol. The molecular formula is C25H29F3N8O4S. The lowest BCUT2D eigenvalue weighted by molar-refractivity contribution is -0.192. The third-order valence-electron chi connectivity index (χ3n) is 6.33. The molecule has 2 aliphatic rings. The second kappa shape index (κ2) is 11.8. The number of hydrogen-bond acceptors (Lipinski definition) is 10. The van der Waals surface area contributed by atoms with E-state index in [0.29, 0.717) is 29.6 Å². The number of anilines is 4. The number of aromatic nitrogens is 3. The maximum Gasteiger partial charge on any atom is 0.490 e. The van der Waals surface area contributed by atoms with E-state index in [1.165, 1.54) is 12.5 Å². The summed E-state index contributed by atoms with van der Waals surface area (Å²) >= 11 is 0. The molecule has 220 valence electrons. The second-order valence-electron chi connectivity index (χ2n) is 10.0. The fourth-order valence-corrected chi connectivity index (χ4v) is 5.19. The summed E-state index contributed by atoms with van der Waals surface area (Å²) in [4.78, 5) is 15.7. The van der Waals surface area contributed by atoms with Crippen LogP contribution in [-0.2, 0) is 20.4 Å². The molecule has 2 fully saturated rings. The first-order chi connectivity index (χ1) is 19.2. The number of carboxylic acids is 1. The number of piperidine rings is 1. The summed E-state index contributed by atoms with van der Waals surface area (Å²) in [6.45, 7) is 1.56. The van der Waals surface area contributed by atoms with Crippen LogP contribution in [0.25, 0.3) is 5.65 Å². The molecule has 0 radical (unpaired) electrons. The van der Waals surface area contributed by atoms with Crippen molar-refractivity contribution in [2.24, 2.45) is 5.73 Å². The number of rotatable bonds is 7. The predicted molar refractivity (Wildman–Crippen MR) is 146 cm³/mol. The van der Waals surface area contributed by atoms with Gasteiger partial charge in [0.2, 0.25) is 0 Å². The molecule has 3 aromatic rings. The van der Waals surface area contributed by atoms with Gasteiger partial charge in [-0.15, -0.1) is 0 Å². The summed E-state index contributed by atoms with van der Waals surface area (Å²) in [7, 11) is -3.24. The van der Waals surface area contributed by atoms with Crippen molar-refractivity contribution in [1.29, 1.82) is 5.26 Å². The molecule has 5 rings (SSSR count). The first kappa shape index (κ1) is 29.9. The number of nitrogens with one attached hydrogen (secondary N) is 2. The average molecular weight is 595 g/mol. The van der Waals surface area contributed by atoms with Crippen molar-refractivity contribution in [3.63, 3.8) is 0 Å². The van der Waals surface area contributed by atoms with Crippen LogP contribution >= 0.6 is 0 Å². The number of nitriles is 1. The number of aliphatic carboxylic acids is 1. The molecule has 41 heavy (non-hydrogen) atoms. The molecule has 0 amide bonds. The zero-order valence-corrected chi connectivity index (χ0v) is 22.8. The van der Waals surface area contributed by atoms with Crippen LogP contribution in [0.2, 0.25) is 0 Å². The largest absolute Gasteiger partial charge is 0.490 e. The maximum atomic E-state index is 12.2. The molecule has 5 N–H and O–H groups in total. The van der Waals surface area contributed by atoms with Gasteiger partial charge >= 0.3 is 12.1 Å². The molecule has 1 saturated heterocycles. The normalized spacial score (nSPS) is 17.4. The highest BCUT2D eigenvalue weighted by Crippen LogP contribution is 2.31. The van der Waals surface area contributed by atoms with E-state index in [-0.39, 0.29) is 11.8 Å². The van der Waals surface area contributed by atoms with E-state index in [9.17, 15) is 26.9 Å². The number of carboxylic acid groups (broad SMARTS) is 1. The van der Waals surface area contributed by atoms with Crippen molar-refractivity contribution < 1.29 is 31.5 Å². The van der Waals surface area contributed by atoms with Crippen molar-refractivity contribution in [3.05, 3.63) is 41.6 Å². The van der Waals surface area contributed by atoms with Crippen LogP contribution in [0.5, 0.6) is 0 Å². The number of fused-ring (bicyclic) bond motifs is 1. The Morgan fingerprint density at radius 1 is 1.27 bits per heavy atom. The summed E-state index contributed by atoms with van der Waals surface area (Å²) in [6, 6.07) is 10.2. The lowest BCUT2D eigenvalue weighted by Crippen LogP contribution is -2.43. The van der Waals surface area contributed by atoms with Gasteiger partial charge in [0.15, 0.2) is 15.5 Å². The van der Waals surface area contributed by atoms with E-state index < -0.39 is 22.0 Å². The van der Waals surface area contributed by atoms with Crippen molar-refractivity contribution in [3.8, 4) is 6.07 Å². The second-order valence-corrected chi connectivity index (χ2v) is 12.2. The van der Waals surface area contributed by atoms with E-state index in [2.05, 4.69) is 31.7 Å². The minimum Gasteiger partial charge on any atom is -0.475 e. The maximum absolute atomic E-state index is 12.2. The van der Waals surface area contributed by atoms with Gasteiger partial charge in [-0.25, -0.2) is 18.2 Å². The molecule has 1 atom stereocenters. The Labute approximate surface area is 233 Å². The zero-order valence-electron chi connectivity index (χ0n) is 22.0. The van der Waals surface area contributed by atoms with Gasteiger partial charge in [0, 0.05) is 48.9 Å². The topological polar surface area (TPSA) is 179 Å². The van der Waals surface area contributed by atoms with Gasteiger partial charge in [0.25, 0.3) is 0 Å². The molecule has 1 aliphatic heterocycles. The lowest BCUT2D eigenvalue weighted by atomic mass is 10.0. The van der Waals surface area contributed by atoms with E-state index in [1.54, 1.807) is 4.52 Å². The summed E-state index contributed by atoms with van der Waals surface area (Å²) in [5, 5.41) is 27.6. The van der Waals surface area contributed by atoms with Crippen molar-refractivity contribution >= 4 is 44.5 Å². The number of benzene rings is 1. The molecular weight excluding hydrogens is 565 g/mol. The Balaban J connectivity index is 0.000000493. The van der Waals surface area contributed by atoms with E-state index in [4.69, 9.17) is 15.6 Å². The van der Waals surface area contributed by atoms with Crippen LogP contribution in [0.3, 0.4) is 0 Å². The van der Waals surface area contributed by atoms with Gasteiger partial charge < -0.3 is 26.4 Å². The SMILES string of the molecule is CS(=O)(=O)Cc1cc(Nc2cc(NC3CC3)n3ncc(C#N)c3n2)ccc1N1CCC[C@H](N)C1.O=C(O)C(F)(F)F. The number of nitrogens with zero attached hydrogens (tertiary/aromatic N) is 5. The van der Waals surface area contributed by atoms with Crippen LogP contribution in [0.4, 0.5) is 36.2 Å². The third kappa shape index (κ3) is 7.98. The summed E-state index contributed by atoms with van der Waals surface area (Å²) in [5.41, 5.74) is 9.36. The summed E-state index contributed by atoms with van der Waals surface area (Å²) in [6.07, 6.45) is 1.81. The highest BCUT2D eigenvalue weighted by molar-refractivity contribution is 7.89. The highest BCUT2D eigenvalue weighted by Gasteiger charge is 2.38. The standard InChI is InChI=1S/C23H28N8O2S.C2HF3O2/c1-34(32,33)14-15-9-19(6-7-20(15)30-8-2-3-17(25)13-30)27-21-10-22(28-18-4-5-18)31-23(29-21)16(11-24)12-26-31;3-2(4,5)1(6)7/h6-7,9-10,12,17-18,28H,2-5,8,13-14,25H2,1H3,(H,27,29);(H,6,7)/t17-;/m0./s1. The molecule has 3 heterocycles. The summed E-state index contributed by atoms with van der Waals surface area (Å²) < 4.78 is 57.7. The molecule has 0 bridgehead atoms. The first-order valence-electron chi connectivity index (χ1n) is 12.7. The Morgan fingerprint density at radius 2 is 1.98 bits per heavy atom. The smallest absolute Gasteiger partial charge is 0.475 e. The molecule has 16 heteroatoms. The van der Waals surface area contributed by atoms with Crippen LogP contribution < -0.4 is 21.3 Å². The molecule has 0 spiro atoms. The highest BCUT2D eigenvalue weighted by atomic mass is 32.2. The molecule has 0 unspecified atom stereocenters. The van der Waals surface area contributed by atoms with Crippen LogP contribution in [0.1, 0.15) is 36.8 Å². The zero-order chi connectivity index (χ0) is 29.9. The van der Waals surface area contributed by atoms with E-state index in [1.807, 2.05) is 24.3 Å². The average Bonchev–Trinajstić information content (AvgIpc) is 3.59. The van der Waals surface area contributed by atoms with Crippen LogP contribution in [0.15, 0.2) is 30.5 Å². The Morgan fingerprint density at radius 3 is 2.56 bits per heavy atom. The van der Waals surface area contributed by atoms with Gasteiger partial charge in [-0.1, -0.05) is 0 Å². The molecule has 1 aromatic carbocycles. The molecule has 1 aliphatic carbocycles. The number of nitrogens with two attached hydrogens (primary N) is 1. The summed E-state index contributed by atoms with van der Waals surface area (Å²) in [5.74, 6) is -1.52. The fraction of sp³-hybridized carbons (Fsp3) is 0.440. The van der Waals surface area contributed by atoms with Gasteiger partial charge in [-0.3, -0.25) is 0 Å². The van der Waals surface area contributed by atoms with Gasteiger partial charge in [-0.2, -0.15) is 28.0 Å². The van der Waals surface area contributed by atoms with Gasteiger partial charge in [0.1, 0.15) is 23.3 Å². The van der Waals surface area contributed by atoms with E-state index >= 15 is 0 Å². The number of hydrogen-bond donors (Lipinski definition) is 4. The van der Waals surface area contributed by atoms with Gasteiger partial charge in [-0.05, 0) is 49.4 Å². The Hall–Kier alpha value is -4.10. The minimum atomic E-state index is -5.08. The van der Waals surface area contributed by atoms with Crippen molar-refractivity contribution in [1.82, 2.24) is 14.6 Å². The van der Waals surface area contributed by atoms with E-state index in [0.717, 1.165) is 55.0 Å². The number of halogens is 3. The number of sulfone groups is 1. The first-order valence-corrected chi connectivity index (χ1v) is 14.7. The van der Waals surface area contributed by atoms with Crippen molar-refractivity contribution in [2.75, 3.05) is 34.9 Å². The fourth-order valence-electron chi connectivity index (χ4n) is 4.39. The lowest BCUT2D eigenvalue weighted by Gasteiger charge is -2.34. The molecule has 1 saturated carbocycles. The molecule has 2 aromatic heterocycles. The quantitative estimate of drug-likeness (QED) is 0.316. The predicted octanol–water partition coefficient (Wildman–Crippen LogP) is 3.02. The minimum absolute atomic E-state index is 0.0637. The Kier molecular flexibility index (Phi) is 8.59. The number of carbonyl (C=O) groups is 1. The molecule has 12 nitrogen and oxygen atoms in total. The van der Waals surface area contributed by atoms with Gasteiger partial charge in [0.05, 0.1) is 11.9 Å². The third-order valence-corrected chi connectivity index (χ3v) is 7.17. The van der Waals surface area contributed by atoms with Crippen molar-refractivity contribution in [2.45, 2.75) is 49.7 Å². The number of alkyl halides is 3. The van der Waals surface area contributed by atoms with Crippen LogP contribution in [0, 0.1) is 11.3 Å². The Bertz CT molecular complexity index is 1580. The van der Waals surface area contributed by atoms with Crippen LogP contribution in [-0.4, -0.2) is 71.7 Å².